The maximum absolute atomic E-state index is 11.6. The van der Waals surface area contributed by atoms with E-state index in [9.17, 15) is 9.59 Å². The summed E-state index contributed by atoms with van der Waals surface area (Å²) in [6.07, 6.45) is 6.55. The van der Waals surface area contributed by atoms with E-state index < -0.39 is 5.41 Å². The van der Waals surface area contributed by atoms with Crippen LogP contribution in [0.2, 0.25) is 0 Å². The van der Waals surface area contributed by atoms with Gasteiger partial charge in [-0.1, -0.05) is 24.3 Å². The average Bonchev–Trinajstić information content (AvgIpc) is 2.69. The van der Waals surface area contributed by atoms with Gasteiger partial charge < -0.3 is 4.79 Å². The van der Waals surface area contributed by atoms with Crippen LogP contribution in [0.3, 0.4) is 0 Å². The number of anilines is 1. The van der Waals surface area contributed by atoms with E-state index >= 15 is 0 Å². The Morgan fingerprint density at radius 2 is 2.06 bits per heavy atom. The summed E-state index contributed by atoms with van der Waals surface area (Å²) in [6, 6.07) is 7.66. The second-order valence-electron chi connectivity index (χ2n) is 4.56. The predicted octanol–water partition coefficient (Wildman–Crippen LogP) is 2.17. The van der Waals surface area contributed by atoms with Crippen LogP contribution < -0.4 is 4.90 Å². The number of rotatable bonds is 2. The van der Waals surface area contributed by atoms with E-state index in [2.05, 4.69) is 0 Å². The van der Waals surface area contributed by atoms with Crippen molar-refractivity contribution in [1.29, 1.82) is 0 Å². The Hall–Kier alpha value is -1.90. The summed E-state index contributed by atoms with van der Waals surface area (Å²) in [5.41, 5.74) is 2.07. The van der Waals surface area contributed by atoms with Crippen molar-refractivity contribution >= 4 is 18.4 Å². The Morgan fingerprint density at radius 1 is 1.24 bits per heavy atom. The molecular formula is C14H13NO2. The van der Waals surface area contributed by atoms with Gasteiger partial charge in [0.15, 0.2) is 0 Å². The molecular weight excluding hydrogens is 214 g/mol. The molecule has 1 aromatic carbocycles. The zero-order valence-corrected chi connectivity index (χ0v) is 9.43. The highest BCUT2D eigenvalue weighted by Gasteiger charge is 2.47. The van der Waals surface area contributed by atoms with E-state index in [1.54, 1.807) is 4.90 Å². The molecule has 1 heterocycles. The first kappa shape index (κ1) is 10.3. The highest BCUT2D eigenvalue weighted by Crippen LogP contribution is 2.50. The third-order valence-corrected chi connectivity index (χ3v) is 3.78. The van der Waals surface area contributed by atoms with Crippen molar-refractivity contribution in [3.8, 4) is 0 Å². The molecule has 0 N–H and O–H groups in total. The Bertz CT molecular complexity index is 521. The van der Waals surface area contributed by atoms with Gasteiger partial charge in [-0.2, -0.15) is 0 Å². The first-order chi connectivity index (χ1) is 8.33. The third-order valence-electron chi connectivity index (χ3n) is 3.78. The molecule has 1 atom stereocenters. The number of fused-ring (bicyclic) bond motifs is 3. The van der Waals surface area contributed by atoms with Crippen LogP contribution >= 0.6 is 0 Å². The lowest BCUT2D eigenvalue weighted by atomic mass is 9.74. The van der Waals surface area contributed by atoms with E-state index in [0.717, 1.165) is 48.9 Å². The van der Waals surface area contributed by atoms with E-state index in [-0.39, 0.29) is 0 Å². The summed E-state index contributed by atoms with van der Waals surface area (Å²) in [4.78, 5) is 24.5. The molecule has 17 heavy (non-hydrogen) atoms. The summed E-state index contributed by atoms with van der Waals surface area (Å²) in [7, 11) is 0. The van der Waals surface area contributed by atoms with Gasteiger partial charge in [-0.25, -0.2) is 0 Å². The molecule has 1 aliphatic carbocycles. The smallest absolute Gasteiger partial charge is 0.218 e. The van der Waals surface area contributed by atoms with Gasteiger partial charge in [-0.15, -0.1) is 0 Å². The number of amides is 1. The number of hydrogen-bond acceptors (Lipinski definition) is 2. The normalized spacial score (nSPS) is 25.9. The molecule has 0 fully saturated rings. The molecule has 1 unspecified atom stereocenters. The summed E-state index contributed by atoms with van der Waals surface area (Å²) in [5.74, 6) is 0. The van der Waals surface area contributed by atoms with E-state index in [1.807, 2.05) is 30.3 Å². The fourth-order valence-electron chi connectivity index (χ4n) is 3.00. The van der Waals surface area contributed by atoms with Crippen molar-refractivity contribution in [3.05, 3.63) is 41.6 Å². The molecule has 0 saturated carbocycles. The van der Waals surface area contributed by atoms with Gasteiger partial charge >= 0.3 is 0 Å². The second kappa shape index (κ2) is 3.55. The molecule has 3 heteroatoms. The van der Waals surface area contributed by atoms with Gasteiger partial charge in [0.25, 0.3) is 0 Å². The highest BCUT2D eigenvalue weighted by atomic mass is 16.1. The van der Waals surface area contributed by atoms with E-state index in [4.69, 9.17) is 0 Å². The summed E-state index contributed by atoms with van der Waals surface area (Å²) < 4.78 is 0. The van der Waals surface area contributed by atoms with Crippen LogP contribution in [0.1, 0.15) is 24.8 Å². The standard InChI is InChI=1S/C14H13NO2/c16-9-14-8-4-3-7-13(14)15(10-17)12-6-2-1-5-11(12)14/h1-2,5-7,9-10H,3-4,8H2. The van der Waals surface area contributed by atoms with Crippen molar-refractivity contribution in [2.75, 3.05) is 4.90 Å². The number of benzene rings is 1. The van der Waals surface area contributed by atoms with Gasteiger partial charge in [0, 0.05) is 5.70 Å². The van der Waals surface area contributed by atoms with Gasteiger partial charge in [0.1, 0.15) is 6.29 Å². The zero-order valence-electron chi connectivity index (χ0n) is 9.43. The number of allylic oxidation sites excluding steroid dienone is 2. The van der Waals surface area contributed by atoms with Crippen molar-refractivity contribution in [3.63, 3.8) is 0 Å². The lowest BCUT2D eigenvalue weighted by Crippen LogP contribution is -2.34. The van der Waals surface area contributed by atoms with Gasteiger partial charge in [0.05, 0.1) is 11.1 Å². The number of hydrogen-bond donors (Lipinski definition) is 0. The molecule has 2 aliphatic rings. The van der Waals surface area contributed by atoms with Crippen LogP contribution in [0.25, 0.3) is 0 Å². The van der Waals surface area contributed by atoms with Crippen LogP contribution in [0.15, 0.2) is 36.0 Å². The summed E-state index contributed by atoms with van der Waals surface area (Å²) in [6.45, 7) is 0. The van der Waals surface area contributed by atoms with Gasteiger partial charge in [0.2, 0.25) is 6.41 Å². The molecule has 1 amide bonds. The number of nitrogens with zero attached hydrogens (tertiary/aromatic N) is 1. The average molecular weight is 227 g/mol. The van der Waals surface area contributed by atoms with Crippen LogP contribution in [0.4, 0.5) is 5.69 Å². The predicted molar refractivity (Wildman–Crippen MR) is 64.7 cm³/mol. The summed E-state index contributed by atoms with van der Waals surface area (Å²) >= 11 is 0. The van der Waals surface area contributed by atoms with Crippen molar-refractivity contribution in [1.82, 2.24) is 0 Å². The molecule has 3 rings (SSSR count). The first-order valence-corrected chi connectivity index (χ1v) is 5.84. The third kappa shape index (κ3) is 1.16. The summed E-state index contributed by atoms with van der Waals surface area (Å²) in [5, 5.41) is 0. The minimum Gasteiger partial charge on any atom is -0.302 e. The molecule has 3 nitrogen and oxygen atoms in total. The zero-order chi connectivity index (χ0) is 11.9. The molecule has 1 aromatic rings. The molecule has 0 bridgehead atoms. The molecule has 1 aliphatic heterocycles. The quantitative estimate of drug-likeness (QED) is 0.726. The lowest BCUT2D eigenvalue weighted by Gasteiger charge is -2.29. The SMILES string of the molecule is O=CN1C2=CCCCC2(C=O)c2ccccc21. The number of para-hydroxylation sites is 1. The minimum atomic E-state index is -0.588. The van der Waals surface area contributed by atoms with Crippen molar-refractivity contribution in [2.45, 2.75) is 24.7 Å². The van der Waals surface area contributed by atoms with E-state index in [1.165, 1.54) is 0 Å². The van der Waals surface area contributed by atoms with Crippen LogP contribution in [0, 0.1) is 0 Å². The van der Waals surface area contributed by atoms with Crippen molar-refractivity contribution < 1.29 is 9.59 Å². The molecule has 0 aromatic heterocycles. The molecule has 86 valence electrons. The number of aldehydes is 1. The number of carbonyl (C=O) groups is 2. The largest absolute Gasteiger partial charge is 0.302 e. The minimum absolute atomic E-state index is 0.588. The van der Waals surface area contributed by atoms with E-state index in [0.29, 0.717) is 0 Å². The molecule has 0 spiro atoms. The van der Waals surface area contributed by atoms with Crippen LogP contribution in [-0.4, -0.2) is 12.7 Å². The maximum atomic E-state index is 11.6. The fraction of sp³-hybridized carbons (Fsp3) is 0.286. The van der Waals surface area contributed by atoms with Crippen molar-refractivity contribution in [2.24, 2.45) is 0 Å². The lowest BCUT2D eigenvalue weighted by molar-refractivity contribution is -0.111. The number of carbonyl (C=O) groups excluding carboxylic acids is 2. The Balaban J connectivity index is 2.31. The Labute approximate surface area is 99.7 Å². The van der Waals surface area contributed by atoms with Crippen LogP contribution in [0.5, 0.6) is 0 Å². The first-order valence-electron chi connectivity index (χ1n) is 5.84. The van der Waals surface area contributed by atoms with Gasteiger partial charge in [-0.05, 0) is 30.9 Å². The van der Waals surface area contributed by atoms with Crippen LogP contribution in [-0.2, 0) is 15.0 Å². The maximum Gasteiger partial charge on any atom is 0.218 e. The van der Waals surface area contributed by atoms with Gasteiger partial charge in [-0.3, -0.25) is 9.69 Å². The Morgan fingerprint density at radius 3 is 2.82 bits per heavy atom. The molecule has 0 radical (unpaired) electrons. The second-order valence-corrected chi connectivity index (χ2v) is 4.56. The monoisotopic (exact) mass is 227 g/mol. The molecule has 0 saturated heterocycles. The topological polar surface area (TPSA) is 37.4 Å². The Kier molecular flexibility index (Phi) is 2.15. The highest BCUT2D eigenvalue weighted by molar-refractivity contribution is 5.95. The fourth-order valence-corrected chi connectivity index (χ4v) is 3.00.